The number of aromatic nitrogens is 2. The number of anilines is 2. The molecule has 38 heavy (non-hydrogen) atoms. The second-order valence-corrected chi connectivity index (χ2v) is 8.76. The predicted molar refractivity (Wildman–Crippen MR) is 136 cm³/mol. The van der Waals surface area contributed by atoms with Crippen LogP contribution in [0.25, 0.3) is 0 Å². The Bertz CT molecular complexity index is 1280. The number of para-hydroxylation sites is 2. The third-order valence-corrected chi connectivity index (χ3v) is 5.99. The maximum absolute atomic E-state index is 13.9. The van der Waals surface area contributed by atoms with Gasteiger partial charge in [0.25, 0.3) is 0 Å². The van der Waals surface area contributed by atoms with E-state index in [1.54, 1.807) is 6.20 Å². The molecule has 2 heterocycles. The maximum Gasteiger partial charge on any atom is 0.341 e. The number of nitrogens with zero attached hydrogens (tertiary/aromatic N) is 3. The van der Waals surface area contributed by atoms with E-state index in [0.29, 0.717) is 30.5 Å². The van der Waals surface area contributed by atoms with E-state index in [4.69, 9.17) is 14.6 Å². The summed E-state index contributed by atoms with van der Waals surface area (Å²) in [6.45, 7) is 3.79. The number of ether oxygens (including phenoxy) is 2. The molecule has 1 saturated heterocycles. The molecule has 2 N–H and O–H groups in total. The molecular weight excluding hydrogens is 498 g/mol. The third-order valence-electron chi connectivity index (χ3n) is 5.99. The molecule has 0 aliphatic carbocycles. The lowest BCUT2D eigenvalue weighted by molar-refractivity contribution is -0.116. The number of piperidine rings is 1. The summed E-state index contributed by atoms with van der Waals surface area (Å²) in [5, 5.41) is 11.5. The quantitative estimate of drug-likeness (QED) is 0.398. The summed E-state index contributed by atoms with van der Waals surface area (Å²) in [7, 11) is 0. The average Bonchev–Trinajstić information content (AvgIpc) is 2.88. The summed E-state index contributed by atoms with van der Waals surface area (Å²) in [6, 6.07) is 9.38. The molecule has 4 rings (SSSR count). The van der Waals surface area contributed by atoms with Crippen molar-refractivity contribution in [2.24, 2.45) is 0 Å². The zero-order valence-electron chi connectivity index (χ0n) is 20.8. The van der Waals surface area contributed by atoms with Crippen LogP contribution < -0.4 is 19.7 Å². The number of aryl methyl sites for hydroxylation is 1. The van der Waals surface area contributed by atoms with E-state index in [1.807, 2.05) is 36.1 Å². The van der Waals surface area contributed by atoms with Gasteiger partial charge in [-0.25, -0.2) is 18.6 Å². The number of carboxylic acid groups (broad SMARTS) is 1. The van der Waals surface area contributed by atoms with Crippen molar-refractivity contribution in [3.63, 3.8) is 0 Å². The summed E-state index contributed by atoms with van der Waals surface area (Å²) in [5.41, 5.74) is -0.848. The molecule has 200 valence electrons. The molecule has 0 bridgehead atoms. The minimum absolute atomic E-state index is 0.0149. The molecule has 1 aromatic heterocycles. The minimum Gasteiger partial charge on any atom is -0.490 e. The van der Waals surface area contributed by atoms with Crippen molar-refractivity contribution in [1.82, 2.24) is 9.97 Å². The van der Waals surface area contributed by atoms with E-state index in [-0.39, 0.29) is 30.3 Å². The van der Waals surface area contributed by atoms with Crippen LogP contribution in [0.4, 0.5) is 20.4 Å². The monoisotopic (exact) mass is 526 g/mol. The third kappa shape index (κ3) is 6.72. The van der Waals surface area contributed by atoms with Gasteiger partial charge in [-0.05, 0) is 56.0 Å². The first-order valence-corrected chi connectivity index (χ1v) is 12.3. The van der Waals surface area contributed by atoms with Crippen LogP contribution >= 0.6 is 0 Å². The van der Waals surface area contributed by atoms with Crippen LogP contribution in [0.5, 0.6) is 11.5 Å². The Morgan fingerprint density at radius 3 is 2.61 bits per heavy atom. The Kier molecular flexibility index (Phi) is 8.67. The number of nitrogens with one attached hydrogen (secondary N) is 1. The zero-order chi connectivity index (χ0) is 27.1. The number of aromatic carboxylic acids is 1. The Labute approximate surface area is 218 Å². The summed E-state index contributed by atoms with van der Waals surface area (Å²) in [4.78, 5) is 34.1. The van der Waals surface area contributed by atoms with Crippen LogP contribution in [0.1, 0.15) is 42.1 Å². The first kappa shape index (κ1) is 26.8. The first-order valence-electron chi connectivity index (χ1n) is 12.3. The van der Waals surface area contributed by atoms with Crippen molar-refractivity contribution in [3.05, 3.63) is 71.6 Å². The van der Waals surface area contributed by atoms with Gasteiger partial charge in [-0.1, -0.05) is 12.1 Å². The highest BCUT2D eigenvalue weighted by Gasteiger charge is 2.24. The van der Waals surface area contributed by atoms with Crippen LogP contribution in [0, 0.1) is 11.6 Å². The molecule has 0 saturated carbocycles. The van der Waals surface area contributed by atoms with Gasteiger partial charge >= 0.3 is 5.97 Å². The highest BCUT2D eigenvalue weighted by molar-refractivity contribution is 5.90. The number of halogens is 2. The van der Waals surface area contributed by atoms with Gasteiger partial charge in [0.2, 0.25) is 5.91 Å². The summed E-state index contributed by atoms with van der Waals surface area (Å²) in [6.07, 6.45) is 4.62. The van der Waals surface area contributed by atoms with Crippen LogP contribution in [-0.4, -0.2) is 52.8 Å². The lowest BCUT2D eigenvalue weighted by Gasteiger charge is -2.33. The number of rotatable bonds is 10. The van der Waals surface area contributed by atoms with Gasteiger partial charge in [0, 0.05) is 13.0 Å². The fourth-order valence-electron chi connectivity index (χ4n) is 4.25. The molecule has 11 heteroatoms. The highest BCUT2D eigenvalue weighted by Crippen LogP contribution is 2.30. The number of benzene rings is 2. The van der Waals surface area contributed by atoms with Crippen LogP contribution in [-0.2, 0) is 11.2 Å². The van der Waals surface area contributed by atoms with Crippen molar-refractivity contribution in [3.8, 4) is 11.5 Å². The molecular formula is C27H28F2N4O5. The number of hydrogen-bond acceptors (Lipinski definition) is 7. The molecule has 3 aromatic rings. The Morgan fingerprint density at radius 2 is 1.89 bits per heavy atom. The highest BCUT2D eigenvalue weighted by atomic mass is 19.1. The van der Waals surface area contributed by atoms with Crippen LogP contribution in [0.3, 0.4) is 0 Å². The lowest BCUT2D eigenvalue weighted by atomic mass is 10.1. The van der Waals surface area contributed by atoms with Crippen molar-refractivity contribution in [2.45, 2.75) is 38.7 Å². The molecule has 1 fully saturated rings. The SMILES string of the molecule is CCOc1ccccc1O[C@@H]1CCCN(c2cncc(NC(=O)CCc3cc(F)c(C(=O)O)c(F)c3)n2)C1. The van der Waals surface area contributed by atoms with Gasteiger partial charge in [0.1, 0.15) is 29.1 Å². The molecule has 9 nitrogen and oxygen atoms in total. The van der Waals surface area contributed by atoms with E-state index in [0.717, 1.165) is 31.5 Å². The zero-order valence-corrected chi connectivity index (χ0v) is 20.8. The number of amides is 1. The molecule has 0 spiro atoms. The Balaban J connectivity index is 1.35. The van der Waals surface area contributed by atoms with Crippen LogP contribution in [0.2, 0.25) is 0 Å². The number of carboxylic acids is 1. The second kappa shape index (κ2) is 12.3. The summed E-state index contributed by atoms with van der Waals surface area (Å²) >= 11 is 0. The number of carbonyl (C=O) groups excluding carboxylic acids is 1. The van der Waals surface area contributed by atoms with Crippen molar-refractivity contribution >= 4 is 23.5 Å². The molecule has 1 aliphatic heterocycles. The molecule has 2 aromatic carbocycles. The van der Waals surface area contributed by atoms with Gasteiger partial charge in [0.15, 0.2) is 17.3 Å². The van der Waals surface area contributed by atoms with E-state index < -0.39 is 29.1 Å². The van der Waals surface area contributed by atoms with E-state index in [9.17, 15) is 18.4 Å². The Hall–Kier alpha value is -4.28. The topological polar surface area (TPSA) is 114 Å². The molecule has 1 amide bonds. The summed E-state index contributed by atoms with van der Waals surface area (Å²) in [5.74, 6) is -2.27. The van der Waals surface area contributed by atoms with Crippen molar-refractivity contribution in [2.75, 3.05) is 29.9 Å². The Morgan fingerprint density at radius 1 is 1.16 bits per heavy atom. The molecule has 0 unspecified atom stereocenters. The predicted octanol–water partition coefficient (Wildman–Crippen LogP) is 4.47. The fourth-order valence-corrected chi connectivity index (χ4v) is 4.25. The normalized spacial score (nSPS) is 15.1. The van der Waals surface area contributed by atoms with Gasteiger partial charge < -0.3 is 24.8 Å². The second-order valence-electron chi connectivity index (χ2n) is 8.76. The van der Waals surface area contributed by atoms with Gasteiger partial charge in [-0.2, -0.15) is 0 Å². The van der Waals surface area contributed by atoms with E-state index in [2.05, 4.69) is 15.3 Å². The molecule has 0 radical (unpaired) electrons. The molecule has 1 atom stereocenters. The minimum atomic E-state index is -1.69. The van der Waals surface area contributed by atoms with Crippen molar-refractivity contribution < 1.29 is 33.0 Å². The lowest BCUT2D eigenvalue weighted by Crippen LogP contribution is -2.41. The van der Waals surface area contributed by atoms with E-state index in [1.165, 1.54) is 6.20 Å². The maximum atomic E-state index is 13.9. The smallest absolute Gasteiger partial charge is 0.341 e. The van der Waals surface area contributed by atoms with Crippen LogP contribution in [0.15, 0.2) is 48.8 Å². The number of hydrogen-bond donors (Lipinski definition) is 2. The summed E-state index contributed by atoms with van der Waals surface area (Å²) < 4.78 is 39.7. The largest absolute Gasteiger partial charge is 0.490 e. The van der Waals surface area contributed by atoms with Gasteiger partial charge in [-0.15, -0.1) is 0 Å². The molecule has 1 aliphatic rings. The van der Waals surface area contributed by atoms with Gasteiger partial charge in [0.05, 0.1) is 25.5 Å². The number of carbonyl (C=O) groups is 2. The van der Waals surface area contributed by atoms with Crippen molar-refractivity contribution in [1.29, 1.82) is 0 Å². The first-order chi connectivity index (χ1) is 18.3. The standard InChI is InChI=1S/C27H28F2N4O5/c1-2-37-21-7-3-4-8-22(21)38-18-6-5-11-33(16-18)24-15-30-14-23(31-24)32-25(34)10-9-17-12-19(28)26(27(35)36)20(29)13-17/h3-4,7-8,12-15,18H,2,5-6,9-11,16H2,1H3,(H,35,36)(H,31,32,34)/t18-/m1/s1. The average molecular weight is 527 g/mol. The van der Waals surface area contributed by atoms with Gasteiger partial charge in [-0.3, -0.25) is 9.78 Å². The fraction of sp³-hybridized carbons (Fsp3) is 0.333. The van der Waals surface area contributed by atoms with E-state index >= 15 is 0 Å².